The van der Waals surface area contributed by atoms with Gasteiger partial charge in [0.15, 0.2) is 0 Å². The van der Waals surface area contributed by atoms with Crippen LogP contribution in [0.15, 0.2) is 18.2 Å². The Labute approximate surface area is 138 Å². The van der Waals surface area contributed by atoms with E-state index in [0.29, 0.717) is 17.4 Å². The van der Waals surface area contributed by atoms with Crippen molar-refractivity contribution in [1.29, 1.82) is 0 Å². The summed E-state index contributed by atoms with van der Waals surface area (Å²) < 4.78 is 0. The van der Waals surface area contributed by atoms with Gasteiger partial charge in [-0.2, -0.15) is 0 Å². The molecule has 0 aromatic heterocycles. The second kappa shape index (κ2) is 5.09. The first-order chi connectivity index (χ1) is 11.2. The first kappa shape index (κ1) is 14.1. The number of carbonyl (C=O) groups is 1. The molecular formula is C21H26O2. The summed E-state index contributed by atoms with van der Waals surface area (Å²) in [5.74, 6) is 3.55. The third kappa shape index (κ3) is 2.10. The Morgan fingerprint density at radius 2 is 1.35 bits per heavy atom. The molecule has 0 amide bonds. The Morgan fingerprint density at radius 3 is 1.70 bits per heavy atom. The highest BCUT2D eigenvalue weighted by molar-refractivity contribution is 5.92. The zero-order valence-electron chi connectivity index (χ0n) is 13.7. The molecule has 122 valence electrons. The van der Waals surface area contributed by atoms with Gasteiger partial charge in [-0.1, -0.05) is 31.0 Å². The molecule has 2 heteroatoms. The largest absolute Gasteiger partial charge is 0.478 e. The Bertz CT molecular complexity index is 603. The van der Waals surface area contributed by atoms with Crippen molar-refractivity contribution in [2.75, 3.05) is 0 Å². The normalized spacial score (nSPS) is 40.9. The summed E-state index contributed by atoms with van der Waals surface area (Å²) in [6.07, 6.45) is 10.5. The molecule has 0 aliphatic heterocycles. The van der Waals surface area contributed by atoms with E-state index in [0.717, 1.165) is 23.7 Å². The van der Waals surface area contributed by atoms with Crippen LogP contribution in [-0.4, -0.2) is 11.1 Å². The van der Waals surface area contributed by atoms with Gasteiger partial charge in [0, 0.05) is 0 Å². The van der Waals surface area contributed by atoms with Crippen molar-refractivity contribution in [3.8, 4) is 0 Å². The molecule has 2 nitrogen and oxygen atoms in total. The van der Waals surface area contributed by atoms with Gasteiger partial charge in [0.05, 0.1) is 5.56 Å². The lowest BCUT2D eigenvalue weighted by Crippen LogP contribution is -2.18. The molecule has 1 aromatic carbocycles. The second-order valence-corrected chi connectivity index (χ2v) is 8.68. The maximum atomic E-state index is 12.2. The molecule has 5 rings (SSSR count). The number of carboxylic acid groups (broad SMARTS) is 1. The average Bonchev–Trinajstić information content (AvgIpc) is 3.33. The third-order valence-corrected chi connectivity index (χ3v) is 7.62. The van der Waals surface area contributed by atoms with Gasteiger partial charge in [-0.05, 0) is 85.2 Å². The van der Waals surface area contributed by atoms with Crippen LogP contribution in [0.1, 0.15) is 84.7 Å². The van der Waals surface area contributed by atoms with Crippen LogP contribution in [0, 0.1) is 23.7 Å². The molecule has 5 unspecified atom stereocenters. The van der Waals surface area contributed by atoms with E-state index in [1.165, 1.54) is 62.5 Å². The summed E-state index contributed by atoms with van der Waals surface area (Å²) in [5.41, 5.74) is 3.04. The fraction of sp³-hybridized carbons (Fsp3) is 0.667. The Morgan fingerprint density at radius 1 is 0.826 bits per heavy atom. The van der Waals surface area contributed by atoms with E-state index < -0.39 is 5.97 Å². The van der Waals surface area contributed by atoms with Gasteiger partial charge in [0.2, 0.25) is 0 Å². The summed E-state index contributed by atoms with van der Waals surface area (Å²) in [4.78, 5) is 12.2. The highest BCUT2D eigenvalue weighted by atomic mass is 16.4. The number of carboxylic acids is 1. The van der Waals surface area contributed by atoms with Gasteiger partial charge in [-0.3, -0.25) is 0 Å². The topological polar surface area (TPSA) is 37.3 Å². The number of rotatable bonds is 3. The maximum Gasteiger partial charge on any atom is 0.336 e. The lowest BCUT2D eigenvalue weighted by molar-refractivity contribution is 0.0692. The van der Waals surface area contributed by atoms with E-state index in [1.54, 1.807) is 0 Å². The smallest absolute Gasteiger partial charge is 0.336 e. The number of hydrogen-bond donors (Lipinski definition) is 1. The molecule has 4 aliphatic carbocycles. The average molecular weight is 310 g/mol. The van der Waals surface area contributed by atoms with Crippen molar-refractivity contribution >= 4 is 5.97 Å². The van der Waals surface area contributed by atoms with Crippen LogP contribution in [0.3, 0.4) is 0 Å². The summed E-state index contributed by atoms with van der Waals surface area (Å²) in [6, 6.07) is 6.41. The van der Waals surface area contributed by atoms with Gasteiger partial charge < -0.3 is 5.11 Å². The van der Waals surface area contributed by atoms with Gasteiger partial charge in [-0.25, -0.2) is 4.79 Å². The predicted octanol–water partition coefficient (Wildman–Crippen LogP) is 5.19. The van der Waals surface area contributed by atoms with Crippen LogP contribution >= 0.6 is 0 Å². The van der Waals surface area contributed by atoms with Crippen molar-refractivity contribution in [3.05, 3.63) is 34.9 Å². The molecular weight excluding hydrogens is 284 g/mol. The van der Waals surface area contributed by atoms with Crippen molar-refractivity contribution < 1.29 is 9.90 Å². The molecule has 4 saturated carbocycles. The van der Waals surface area contributed by atoms with Crippen LogP contribution in [0.2, 0.25) is 0 Å². The summed E-state index contributed by atoms with van der Waals surface area (Å²) in [7, 11) is 0. The monoisotopic (exact) mass is 310 g/mol. The first-order valence-corrected chi connectivity index (χ1v) is 9.56. The SMILES string of the molecule is O=C(O)c1c(C2CC3CCC2C3)cccc1[C@H]1CC2CCC1C2. The number of aromatic carboxylic acids is 1. The Hall–Kier alpha value is -1.31. The van der Waals surface area contributed by atoms with E-state index in [2.05, 4.69) is 18.2 Å². The van der Waals surface area contributed by atoms with Gasteiger partial charge in [0.1, 0.15) is 0 Å². The zero-order chi connectivity index (χ0) is 15.6. The van der Waals surface area contributed by atoms with Gasteiger partial charge in [-0.15, -0.1) is 0 Å². The number of fused-ring (bicyclic) bond motifs is 4. The molecule has 1 N–H and O–H groups in total. The molecule has 0 saturated heterocycles. The van der Waals surface area contributed by atoms with Gasteiger partial charge >= 0.3 is 5.97 Å². The lowest BCUT2D eigenvalue weighted by Gasteiger charge is -2.28. The minimum absolute atomic E-state index is 0.512. The van der Waals surface area contributed by atoms with E-state index in [4.69, 9.17) is 0 Å². The van der Waals surface area contributed by atoms with Crippen LogP contribution in [0.4, 0.5) is 0 Å². The van der Waals surface area contributed by atoms with E-state index in [-0.39, 0.29) is 0 Å². The van der Waals surface area contributed by atoms with E-state index in [1.807, 2.05) is 0 Å². The van der Waals surface area contributed by atoms with Crippen molar-refractivity contribution in [1.82, 2.24) is 0 Å². The predicted molar refractivity (Wildman–Crippen MR) is 89.8 cm³/mol. The fourth-order valence-corrected chi connectivity index (χ4v) is 6.70. The molecule has 4 fully saturated rings. The molecule has 4 aliphatic rings. The zero-order valence-corrected chi connectivity index (χ0v) is 13.7. The van der Waals surface area contributed by atoms with Crippen molar-refractivity contribution in [3.63, 3.8) is 0 Å². The minimum atomic E-state index is -0.679. The van der Waals surface area contributed by atoms with Crippen LogP contribution in [-0.2, 0) is 0 Å². The Balaban J connectivity index is 1.56. The number of hydrogen-bond acceptors (Lipinski definition) is 1. The first-order valence-electron chi connectivity index (χ1n) is 9.56. The Kier molecular flexibility index (Phi) is 3.11. The number of benzene rings is 1. The third-order valence-electron chi connectivity index (χ3n) is 7.62. The van der Waals surface area contributed by atoms with E-state index in [9.17, 15) is 9.90 Å². The summed E-state index contributed by atoms with van der Waals surface area (Å²) in [6.45, 7) is 0. The van der Waals surface area contributed by atoms with Crippen LogP contribution < -0.4 is 0 Å². The lowest BCUT2D eigenvalue weighted by atomic mass is 9.76. The van der Waals surface area contributed by atoms with Crippen LogP contribution in [0.5, 0.6) is 0 Å². The molecule has 4 bridgehead atoms. The quantitative estimate of drug-likeness (QED) is 0.834. The fourth-order valence-electron chi connectivity index (χ4n) is 6.70. The van der Waals surface area contributed by atoms with E-state index >= 15 is 0 Å². The summed E-state index contributed by atoms with van der Waals surface area (Å²) >= 11 is 0. The molecule has 23 heavy (non-hydrogen) atoms. The van der Waals surface area contributed by atoms with Gasteiger partial charge in [0.25, 0.3) is 0 Å². The molecule has 0 heterocycles. The summed E-state index contributed by atoms with van der Waals surface area (Å²) in [5, 5.41) is 10.0. The second-order valence-electron chi connectivity index (χ2n) is 8.68. The molecule has 6 atom stereocenters. The highest BCUT2D eigenvalue weighted by Crippen LogP contribution is 2.56. The minimum Gasteiger partial charge on any atom is -0.478 e. The van der Waals surface area contributed by atoms with Crippen molar-refractivity contribution in [2.45, 2.75) is 63.2 Å². The maximum absolute atomic E-state index is 12.2. The standard InChI is InChI=1S/C21H26O2/c22-21(23)20-16(18-10-12-4-6-14(18)8-12)2-1-3-17(20)19-11-13-5-7-15(19)9-13/h1-3,12-15,18-19H,4-11H2,(H,22,23)/t12?,13?,14?,15?,18-,19?/m0/s1. The van der Waals surface area contributed by atoms with Crippen molar-refractivity contribution in [2.24, 2.45) is 23.7 Å². The molecule has 0 spiro atoms. The van der Waals surface area contributed by atoms with Crippen LogP contribution in [0.25, 0.3) is 0 Å². The highest BCUT2D eigenvalue weighted by Gasteiger charge is 2.44. The molecule has 0 radical (unpaired) electrons. The molecule has 1 aromatic rings.